The summed E-state index contributed by atoms with van der Waals surface area (Å²) in [6.45, 7) is 2.66. The first-order valence-electron chi connectivity index (χ1n) is 7.60. The molecule has 0 radical (unpaired) electrons. The topological polar surface area (TPSA) is 38.3 Å². The maximum atomic E-state index is 12.2. The standard InChI is InChI=1S/C19H18BrNO2/c1-13-6-7-14(16(20)12-13)8-9-19(22)21-17-10-11-23-18-5-3-2-4-15(17)18/h2-9,12,17H,10-11H2,1H3,(H,21,22)/b9-8+/t17-/m0/s1. The van der Waals surface area contributed by atoms with E-state index >= 15 is 0 Å². The van der Waals surface area contributed by atoms with Gasteiger partial charge in [0, 0.05) is 22.5 Å². The molecule has 1 aliphatic rings. The van der Waals surface area contributed by atoms with Crippen LogP contribution in [0.5, 0.6) is 5.75 Å². The molecular formula is C19H18BrNO2. The van der Waals surface area contributed by atoms with Crippen LogP contribution < -0.4 is 10.1 Å². The fraction of sp³-hybridized carbons (Fsp3) is 0.211. The molecule has 0 saturated heterocycles. The number of fused-ring (bicyclic) bond motifs is 1. The van der Waals surface area contributed by atoms with Gasteiger partial charge < -0.3 is 10.1 Å². The molecule has 4 heteroatoms. The van der Waals surface area contributed by atoms with E-state index in [4.69, 9.17) is 4.74 Å². The molecule has 3 nitrogen and oxygen atoms in total. The average molecular weight is 372 g/mol. The van der Waals surface area contributed by atoms with Gasteiger partial charge in [0.2, 0.25) is 5.91 Å². The molecule has 1 N–H and O–H groups in total. The summed E-state index contributed by atoms with van der Waals surface area (Å²) < 4.78 is 6.60. The van der Waals surface area contributed by atoms with Crippen molar-refractivity contribution in [1.82, 2.24) is 5.32 Å². The third-order valence-electron chi connectivity index (χ3n) is 3.85. The number of carbonyl (C=O) groups is 1. The van der Waals surface area contributed by atoms with Crippen LogP contribution >= 0.6 is 15.9 Å². The minimum Gasteiger partial charge on any atom is -0.493 e. The number of hydrogen-bond donors (Lipinski definition) is 1. The van der Waals surface area contributed by atoms with Crippen LogP contribution in [0.25, 0.3) is 6.08 Å². The van der Waals surface area contributed by atoms with E-state index in [-0.39, 0.29) is 11.9 Å². The normalized spacial score (nSPS) is 16.7. The Kier molecular flexibility index (Phi) is 4.82. The van der Waals surface area contributed by atoms with Crippen molar-refractivity contribution in [1.29, 1.82) is 0 Å². The van der Waals surface area contributed by atoms with Gasteiger partial charge in [0.25, 0.3) is 0 Å². The summed E-state index contributed by atoms with van der Waals surface area (Å²) >= 11 is 3.52. The van der Waals surface area contributed by atoms with Gasteiger partial charge in [-0.1, -0.05) is 46.3 Å². The molecule has 0 aromatic heterocycles. The number of benzene rings is 2. The second kappa shape index (κ2) is 7.01. The molecule has 0 saturated carbocycles. The highest BCUT2D eigenvalue weighted by Crippen LogP contribution is 2.31. The van der Waals surface area contributed by atoms with Gasteiger partial charge in [-0.2, -0.15) is 0 Å². The van der Waals surface area contributed by atoms with Crippen molar-refractivity contribution in [2.75, 3.05) is 6.61 Å². The predicted octanol–water partition coefficient (Wildman–Crippen LogP) is 4.41. The van der Waals surface area contributed by atoms with Gasteiger partial charge in [0.15, 0.2) is 0 Å². The summed E-state index contributed by atoms with van der Waals surface area (Å²) in [5.41, 5.74) is 3.20. The molecule has 0 aliphatic carbocycles. The SMILES string of the molecule is Cc1ccc(/C=C/C(=O)N[C@H]2CCOc3ccccc32)c(Br)c1. The van der Waals surface area contributed by atoms with Gasteiger partial charge >= 0.3 is 0 Å². The molecule has 1 amide bonds. The maximum Gasteiger partial charge on any atom is 0.244 e. The zero-order valence-electron chi connectivity index (χ0n) is 12.9. The monoisotopic (exact) mass is 371 g/mol. The third-order valence-corrected chi connectivity index (χ3v) is 4.53. The minimum absolute atomic E-state index is 0.00133. The first kappa shape index (κ1) is 15.8. The number of aryl methyl sites for hydroxylation is 1. The van der Waals surface area contributed by atoms with Crippen LogP contribution in [-0.2, 0) is 4.79 Å². The lowest BCUT2D eigenvalue weighted by Gasteiger charge is -2.26. The van der Waals surface area contributed by atoms with E-state index in [0.717, 1.165) is 27.8 Å². The summed E-state index contributed by atoms with van der Waals surface area (Å²) in [5, 5.41) is 3.06. The number of halogens is 1. The Balaban J connectivity index is 1.69. The largest absolute Gasteiger partial charge is 0.493 e. The lowest BCUT2D eigenvalue weighted by atomic mass is 10.0. The van der Waals surface area contributed by atoms with Gasteiger partial charge in [-0.15, -0.1) is 0 Å². The molecule has 23 heavy (non-hydrogen) atoms. The predicted molar refractivity (Wildman–Crippen MR) is 95.4 cm³/mol. The van der Waals surface area contributed by atoms with Crippen LogP contribution in [0.2, 0.25) is 0 Å². The molecule has 1 atom stereocenters. The van der Waals surface area contributed by atoms with Gasteiger partial charge in [0.1, 0.15) is 5.75 Å². The first-order valence-corrected chi connectivity index (χ1v) is 8.39. The number of carbonyl (C=O) groups excluding carboxylic acids is 1. The van der Waals surface area contributed by atoms with Gasteiger partial charge in [-0.25, -0.2) is 0 Å². The van der Waals surface area contributed by atoms with Gasteiger partial charge in [-0.3, -0.25) is 4.79 Å². The lowest BCUT2D eigenvalue weighted by molar-refractivity contribution is -0.117. The summed E-state index contributed by atoms with van der Waals surface area (Å²) in [6, 6.07) is 13.9. The highest BCUT2D eigenvalue weighted by Gasteiger charge is 2.21. The van der Waals surface area contributed by atoms with E-state index < -0.39 is 0 Å². The number of amides is 1. The molecule has 3 rings (SSSR count). The molecular weight excluding hydrogens is 354 g/mol. The van der Waals surface area contributed by atoms with Crippen LogP contribution in [0, 0.1) is 6.92 Å². The van der Waals surface area contributed by atoms with E-state index in [2.05, 4.69) is 21.2 Å². The number of rotatable bonds is 3. The van der Waals surface area contributed by atoms with Gasteiger partial charge in [0.05, 0.1) is 12.6 Å². The van der Waals surface area contributed by atoms with Crippen molar-refractivity contribution in [2.45, 2.75) is 19.4 Å². The molecule has 1 aliphatic heterocycles. The van der Waals surface area contributed by atoms with E-state index in [0.29, 0.717) is 6.61 Å². The van der Waals surface area contributed by atoms with Crippen molar-refractivity contribution >= 4 is 27.9 Å². The van der Waals surface area contributed by atoms with Crippen LogP contribution in [0.3, 0.4) is 0 Å². The van der Waals surface area contributed by atoms with E-state index in [9.17, 15) is 4.79 Å². The highest BCUT2D eigenvalue weighted by atomic mass is 79.9. The first-order chi connectivity index (χ1) is 11.1. The van der Waals surface area contributed by atoms with Crippen molar-refractivity contribution in [3.63, 3.8) is 0 Å². The Labute approximate surface area is 144 Å². The van der Waals surface area contributed by atoms with Crippen LogP contribution in [0.4, 0.5) is 0 Å². The van der Waals surface area contributed by atoms with Crippen molar-refractivity contribution in [2.24, 2.45) is 0 Å². The molecule has 0 bridgehead atoms. The lowest BCUT2D eigenvalue weighted by Crippen LogP contribution is -2.30. The Hall–Kier alpha value is -2.07. The fourth-order valence-corrected chi connectivity index (χ4v) is 3.27. The number of nitrogens with one attached hydrogen (secondary N) is 1. The minimum atomic E-state index is -0.0980. The third kappa shape index (κ3) is 3.82. The molecule has 0 unspecified atom stereocenters. The van der Waals surface area contributed by atoms with E-state index in [1.165, 1.54) is 5.56 Å². The zero-order valence-corrected chi connectivity index (χ0v) is 14.5. The Morgan fingerprint density at radius 1 is 1.30 bits per heavy atom. The highest BCUT2D eigenvalue weighted by molar-refractivity contribution is 9.10. The van der Waals surface area contributed by atoms with Crippen LogP contribution in [0.15, 0.2) is 53.0 Å². The Morgan fingerprint density at radius 2 is 2.13 bits per heavy atom. The van der Waals surface area contributed by atoms with Crippen LogP contribution in [-0.4, -0.2) is 12.5 Å². The summed E-state index contributed by atoms with van der Waals surface area (Å²) in [7, 11) is 0. The molecule has 1 heterocycles. The summed E-state index contributed by atoms with van der Waals surface area (Å²) in [5.74, 6) is 0.758. The average Bonchev–Trinajstić information content (AvgIpc) is 2.54. The van der Waals surface area contributed by atoms with Crippen molar-refractivity contribution in [3.8, 4) is 5.75 Å². The molecule has 118 valence electrons. The second-order valence-corrected chi connectivity index (χ2v) is 6.45. The Bertz CT molecular complexity index is 755. The molecule has 0 spiro atoms. The molecule has 2 aromatic rings. The number of ether oxygens (including phenoxy) is 1. The van der Waals surface area contributed by atoms with E-state index in [1.54, 1.807) is 6.08 Å². The van der Waals surface area contributed by atoms with Crippen molar-refractivity contribution < 1.29 is 9.53 Å². The molecule has 0 fully saturated rings. The Morgan fingerprint density at radius 3 is 2.96 bits per heavy atom. The second-order valence-electron chi connectivity index (χ2n) is 5.59. The summed E-state index contributed by atoms with van der Waals surface area (Å²) in [4.78, 5) is 12.2. The van der Waals surface area contributed by atoms with Crippen molar-refractivity contribution in [3.05, 3.63) is 69.7 Å². The fourth-order valence-electron chi connectivity index (χ4n) is 2.64. The van der Waals surface area contributed by atoms with E-state index in [1.807, 2.05) is 55.5 Å². The number of hydrogen-bond acceptors (Lipinski definition) is 2. The quantitative estimate of drug-likeness (QED) is 0.811. The smallest absolute Gasteiger partial charge is 0.244 e. The number of para-hydroxylation sites is 1. The summed E-state index contributed by atoms with van der Waals surface area (Å²) in [6.07, 6.45) is 4.18. The maximum absolute atomic E-state index is 12.2. The van der Waals surface area contributed by atoms with Gasteiger partial charge in [-0.05, 0) is 36.3 Å². The zero-order chi connectivity index (χ0) is 16.2. The van der Waals surface area contributed by atoms with Crippen LogP contribution in [0.1, 0.15) is 29.2 Å². The molecule has 2 aromatic carbocycles.